The van der Waals surface area contributed by atoms with Crippen LogP contribution in [0.2, 0.25) is 0 Å². The number of hydrogen-bond donors (Lipinski definition) is 1. The Morgan fingerprint density at radius 3 is 2.68 bits per heavy atom. The predicted octanol–water partition coefficient (Wildman–Crippen LogP) is 4.34. The van der Waals surface area contributed by atoms with Gasteiger partial charge in [0.05, 0.1) is 23.1 Å². The molecule has 25 heavy (non-hydrogen) atoms. The Morgan fingerprint density at radius 2 is 1.88 bits per heavy atom. The molecule has 4 rings (SSSR count). The van der Waals surface area contributed by atoms with E-state index in [4.69, 9.17) is 4.98 Å². The first-order valence-corrected chi connectivity index (χ1v) is 8.04. The van der Waals surface area contributed by atoms with Gasteiger partial charge in [-0.3, -0.25) is 10.1 Å². The van der Waals surface area contributed by atoms with E-state index in [1.807, 2.05) is 12.3 Å². The summed E-state index contributed by atoms with van der Waals surface area (Å²) in [7, 11) is 0. The van der Waals surface area contributed by atoms with Crippen molar-refractivity contribution in [1.82, 2.24) is 25.1 Å². The summed E-state index contributed by atoms with van der Waals surface area (Å²) in [6, 6.07) is 8.68. The lowest BCUT2D eigenvalue weighted by molar-refractivity contribution is 0.585. The Bertz CT molecular complexity index is 1050. The van der Waals surface area contributed by atoms with Crippen LogP contribution < -0.4 is 0 Å². The van der Waals surface area contributed by atoms with Gasteiger partial charge in [0.25, 0.3) is 0 Å². The van der Waals surface area contributed by atoms with Crippen molar-refractivity contribution in [1.29, 1.82) is 0 Å². The highest BCUT2D eigenvalue weighted by Crippen LogP contribution is 2.30. The van der Waals surface area contributed by atoms with Gasteiger partial charge < -0.3 is 0 Å². The Balaban J connectivity index is 1.93. The van der Waals surface area contributed by atoms with Crippen LogP contribution >= 0.6 is 0 Å². The number of aromatic nitrogens is 5. The summed E-state index contributed by atoms with van der Waals surface area (Å²) in [5.74, 6) is -0.169. The van der Waals surface area contributed by atoms with Crippen molar-refractivity contribution in [3.63, 3.8) is 0 Å². The number of pyridine rings is 3. The molecule has 4 aromatic rings. The molecule has 0 bridgehead atoms. The molecule has 0 amide bonds. The SMILES string of the molecule is CC(C)c1cncc(-c2cc3[nH]ncc3c(-c3cccc(F)n3)n2)c1. The zero-order valence-corrected chi connectivity index (χ0v) is 13.9. The summed E-state index contributed by atoms with van der Waals surface area (Å²) in [6.07, 6.45) is 5.31. The van der Waals surface area contributed by atoms with Gasteiger partial charge in [-0.25, -0.2) is 9.97 Å². The largest absolute Gasteiger partial charge is 0.278 e. The van der Waals surface area contributed by atoms with Crippen LogP contribution in [0.3, 0.4) is 0 Å². The molecule has 124 valence electrons. The van der Waals surface area contributed by atoms with Crippen molar-refractivity contribution in [3.05, 3.63) is 60.4 Å². The Kier molecular flexibility index (Phi) is 3.72. The molecule has 0 unspecified atom stereocenters. The van der Waals surface area contributed by atoms with Crippen LogP contribution in [0.5, 0.6) is 0 Å². The van der Waals surface area contributed by atoms with Crippen molar-refractivity contribution in [2.24, 2.45) is 0 Å². The minimum absolute atomic E-state index is 0.368. The third-order valence-electron chi connectivity index (χ3n) is 4.12. The minimum atomic E-state index is -0.537. The lowest BCUT2D eigenvalue weighted by Gasteiger charge is -2.09. The number of nitrogens with zero attached hydrogens (tertiary/aromatic N) is 4. The maximum Gasteiger partial charge on any atom is 0.213 e. The third-order valence-corrected chi connectivity index (χ3v) is 4.12. The van der Waals surface area contributed by atoms with Crippen molar-refractivity contribution in [2.45, 2.75) is 19.8 Å². The monoisotopic (exact) mass is 333 g/mol. The van der Waals surface area contributed by atoms with Crippen LogP contribution in [0.15, 0.2) is 48.9 Å². The van der Waals surface area contributed by atoms with Crippen LogP contribution in [-0.4, -0.2) is 25.1 Å². The van der Waals surface area contributed by atoms with Crippen LogP contribution in [0.25, 0.3) is 33.5 Å². The van der Waals surface area contributed by atoms with Gasteiger partial charge in [0.2, 0.25) is 5.95 Å². The molecule has 0 aromatic carbocycles. The van der Waals surface area contributed by atoms with E-state index in [9.17, 15) is 4.39 Å². The highest BCUT2D eigenvalue weighted by atomic mass is 19.1. The van der Waals surface area contributed by atoms with E-state index in [0.29, 0.717) is 17.3 Å². The highest BCUT2D eigenvalue weighted by Gasteiger charge is 2.14. The maximum atomic E-state index is 13.6. The van der Waals surface area contributed by atoms with E-state index in [1.165, 1.54) is 6.07 Å². The van der Waals surface area contributed by atoms with Gasteiger partial charge in [0.1, 0.15) is 5.69 Å². The molecule has 0 fully saturated rings. The summed E-state index contributed by atoms with van der Waals surface area (Å²) in [6.45, 7) is 4.24. The smallest absolute Gasteiger partial charge is 0.213 e. The Hall–Kier alpha value is -3.15. The fourth-order valence-corrected chi connectivity index (χ4v) is 2.74. The van der Waals surface area contributed by atoms with E-state index in [0.717, 1.165) is 27.7 Å². The zero-order chi connectivity index (χ0) is 17.4. The molecular formula is C19H16FN5. The van der Waals surface area contributed by atoms with Gasteiger partial charge >= 0.3 is 0 Å². The summed E-state index contributed by atoms with van der Waals surface area (Å²) < 4.78 is 13.6. The van der Waals surface area contributed by atoms with Gasteiger partial charge in [-0.2, -0.15) is 9.49 Å². The standard InChI is InChI=1S/C19H16FN5/c1-11(2)12-6-13(9-21-8-12)16-7-17-14(10-22-25-17)19(24-16)15-4-3-5-18(20)23-15/h3-11H,1-2H3,(H,22,25). The molecule has 0 saturated heterocycles. The Labute approximate surface area is 144 Å². The lowest BCUT2D eigenvalue weighted by atomic mass is 10.0. The van der Waals surface area contributed by atoms with Gasteiger partial charge in [0.15, 0.2) is 0 Å². The molecule has 0 radical (unpaired) electrons. The molecule has 6 heteroatoms. The third kappa shape index (κ3) is 2.87. The van der Waals surface area contributed by atoms with E-state index in [-0.39, 0.29) is 0 Å². The minimum Gasteiger partial charge on any atom is -0.278 e. The van der Waals surface area contributed by atoms with Crippen molar-refractivity contribution >= 4 is 10.9 Å². The summed E-state index contributed by atoms with van der Waals surface area (Å²) in [5, 5.41) is 7.85. The van der Waals surface area contributed by atoms with Gasteiger partial charge in [-0.05, 0) is 35.7 Å². The maximum absolute atomic E-state index is 13.6. The Morgan fingerprint density at radius 1 is 1.00 bits per heavy atom. The van der Waals surface area contributed by atoms with Crippen LogP contribution in [0.1, 0.15) is 25.3 Å². The molecule has 0 saturated carbocycles. The van der Waals surface area contributed by atoms with Crippen LogP contribution in [0, 0.1) is 5.95 Å². The lowest BCUT2D eigenvalue weighted by Crippen LogP contribution is -1.95. The van der Waals surface area contributed by atoms with E-state index < -0.39 is 5.95 Å². The normalized spacial score (nSPS) is 11.4. The number of rotatable bonds is 3. The molecule has 4 aromatic heterocycles. The molecule has 0 aliphatic heterocycles. The first kappa shape index (κ1) is 15.4. The van der Waals surface area contributed by atoms with E-state index >= 15 is 0 Å². The van der Waals surface area contributed by atoms with Gasteiger partial charge in [-0.1, -0.05) is 19.9 Å². The second-order valence-electron chi connectivity index (χ2n) is 6.19. The molecule has 0 aliphatic carbocycles. The van der Waals surface area contributed by atoms with Gasteiger partial charge in [-0.15, -0.1) is 0 Å². The predicted molar refractivity (Wildman–Crippen MR) is 94.4 cm³/mol. The molecule has 0 atom stereocenters. The summed E-state index contributed by atoms with van der Waals surface area (Å²) >= 11 is 0. The number of fused-ring (bicyclic) bond motifs is 1. The number of nitrogens with one attached hydrogen (secondary N) is 1. The topological polar surface area (TPSA) is 67.3 Å². The molecule has 0 aliphatic rings. The zero-order valence-electron chi connectivity index (χ0n) is 13.9. The van der Waals surface area contributed by atoms with E-state index in [1.54, 1.807) is 24.5 Å². The molecular weight excluding hydrogens is 317 g/mol. The molecule has 4 heterocycles. The van der Waals surface area contributed by atoms with Crippen molar-refractivity contribution in [2.75, 3.05) is 0 Å². The van der Waals surface area contributed by atoms with Gasteiger partial charge in [0, 0.05) is 23.3 Å². The van der Waals surface area contributed by atoms with Crippen LogP contribution in [0.4, 0.5) is 4.39 Å². The first-order valence-electron chi connectivity index (χ1n) is 8.04. The first-order chi connectivity index (χ1) is 12.1. The molecule has 5 nitrogen and oxygen atoms in total. The highest BCUT2D eigenvalue weighted by molar-refractivity contribution is 5.93. The summed E-state index contributed by atoms with van der Waals surface area (Å²) in [4.78, 5) is 13.0. The molecule has 0 spiro atoms. The van der Waals surface area contributed by atoms with Crippen molar-refractivity contribution in [3.8, 4) is 22.6 Å². The number of halogens is 1. The quantitative estimate of drug-likeness (QED) is 0.566. The average molecular weight is 333 g/mol. The fourth-order valence-electron chi connectivity index (χ4n) is 2.74. The second-order valence-corrected chi connectivity index (χ2v) is 6.19. The van der Waals surface area contributed by atoms with Crippen molar-refractivity contribution < 1.29 is 4.39 Å². The number of aromatic amines is 1. The summed E-state index contributed by atoms with van der Waals surface area (Å²) in [5.41, 5.74) is 4.67. The van der Waals surface area contributed by atoms with E-state index in [2.05, 4.69) is 40.1 Å². The number of hydrogen-bond acceptors (Lipinski definition) is 4. The van der Waals surface area contributed by atoms with Crippen LogP contribution in [-0.2, 0) is 0 Å². The fraction of sp³-hybridized carbons (Fsp3) is 0.158. The molecule has 1 N–H and O–H groups in total. The average Bonchev–Trinajstić information content (AvgIpc) is 3.09. The second kappa shape index (κ2) is 6.05. The number of H-pyrrole nitrogens is 1.